The zero-order chi connectivity index (χ0) is 15.3. The maximum absolute atomic E-state index is 13.3. The molecule has 1 aliphatic rings. The largest absolute Gasteiger partial charge is 0.330 e. The van der Waals surface area contributed by atoms with Crippen LogP contribution < -0.4 is 5.73 Å². The molecule has 1 aromatic carbocycles. The van der Waals surface area contributed by atoms with Gasteiger partial charge in [-0.3, -0.25) is 0 Å². The summed E-state index contributed by atoms with van der Waals surface area (Å²) in [7, 11) is 0. The van der Waals surface area contributed by atoms with Crippen molar-refractivity contribution >= 4 is 11.6 Å². The van der Waals surface area contributed by atoms with Gasteiger partial charge in [0.1, 0.15) is 5.82 Å². The third-order valence-electron chi connectivity index (χ3n) is 5.13. The summed E-state index contributed by atoms with van der Waals surface area (Å²) < 4.78 is 13.3. The molecule has 3 heteroatoms. The first-order valence-electron chi connectivity index (χ1n) is 8.22. The predicted octanol–water partition coefficient (Wildman–Crippen LogP) is 5.35. The lowest BCUT2D eigenvalue weighted by atomic mass is 9.67. The Balaban J connectivity index is 1.98. The van der Waals surface area contributed by atoms with E-state index in [1.54, 1.807) is 6.07 Å². The molecular formula is C18H27ClFN. The lowest BCUT2D eigenvalue weighted by Crippen LogP contribution is -2.36. The molecule has 1 fully saturated rings. The fraction of sp³-hybridized carbons (Fsp3) is 0.667. The second-order valence-electron chi connectivity index (χ2n) is 6.71. The van der Waals surface area contributed by atoms with E-state index < -0.39 is 0 Å². The van der Waals surface area contributed by atoms with Crippen molar-refractivity contribution in [2.45, 2.75) is 58.3 Å². The highest BCUT2D eigenvalue weighted by atomic mass is 35.5. The van der Waals surface area contributed by atoms with Gasteiger partial charge in [0.2, 0.25) is 0 Å². The molecule has 1 aromatic rings. The van der Waals surface area contributed by atoms with Crippen LogP contribution in [-0.2, 0) is 6.42 Å². The molecule has 0 radical (unpaired) electrons. The van der Waals surface area contributed by atoms with Crippen LogP contribution in [0.5, 0.6) is 0 Å². The van der Waals surface area contributed by atoms with Gasteiger partial charge in [0.05, 0.1) is 5.02 Å². The molecule has 0 amide bonds. The Labute approximate surface area is 133 Å². The van der Waals surface area contributed by atoms with E-state index in [2.05, 4.69) is 6.92 Å². The molecule has 2 rings (SSSR count). The first-order chi connectivity index (χ1) is 10.1. The molecule has 0 aliphatic heterocycles. The molecule has 1 nitrogen and oxygen atoms in total. The minimum absolute atomic E-state index is 0.184. The van der Waals surface area contributed by atoms with Gasteiger partial charge in [-0.05, 0) is 67.7 Å². The molecular weight excluding hydrogens is 285 g/mol. The lowest BCUT2D eigenvalue weighted by molar-refractivity contribution is 0.150. The molecule has 1 aliphatic carbocycles. The van der Waals surface area contributed by atoms with Gasteiger partial charge in [-0.15, -0.1) is 0 Å². The first kappa shape index (κ1) is 16.8. The van der Waals surface area contributed by atoms with Crippen LogP contribution >= 0.6 is 11.6 Å². The summed E-state index contributed by atoms with van der Waals surface area (Å²) >= 11 is 5.89. The molecule has 0 heterocycles. The zero-order valence-electron chi connectivity index (χ0n) is 13.0. The van der Waals surface area contributed by atoms with Crippen LogP contribution in [0.15, 0.2) is 18.2 Å². The number of benzene rings is 1. The molecule has 0 spiro atoms. The first-order valence-corrected chi connectivity index (χ1v) is 8.60. The average molecular weight is 312 g/mol. The highest BCUT2D eigenvalue weighted by molar-refractivity contribution is 6.30. The second kappa shape index (κ2) is 7.60. The smallest absolute Gasteiger partial charge is 0.141 e. The third-order valence-corrected chi connectivity index (χ3v) is 5.42. The van der Waals surface area contributed by atoms with Crippen molar-refractivity contribution in [3.05, 3.63) is 34.6 Å². The Bertz CT molecular complexity index is 453. The zero-order valence-corrected chi connectivity index (χ0v) is 13.8. The van der Waals surface area contributed by atoms with Gasteiger partial charge in [-0.1, -0.05) is 43.9 Å². The maximum atomic E-state index is 13.3. The Morgan fingerprint density at radius 3 is 2.62 bits per heavy atom. The molecule has 0 saturated heterocycles. The SMILES string of the molecule is CCCCC1CCC(CN)(Cc2ccc(F)c(Cl)c2)CC1. The van der Waals surface area contributed by atoms with Crippen molar-refractivity contribution < 1.29 is 4.39 Å². The molecule has 0 bridgehead atoms. The summed E-state index contributed by atoms with van der Waals surface area (Å²) in [5.41, 5.74) is 7.39. The van der Waals surface area contributed by atoms with Crippen molar-refractivity contribution in [3.63, 3.8) is 0 Å². The summed E-state index contributed by atoms with van der Waals surface area (Å²) in [5.74, 6) is 0.534. The highest BCUT2D eigenvalue weighted by Gasteiger charge is 2.34. The summed E-state index contributed by atoms with van der Waals surface area (Å²) in [6.07, 6.45) is 9.85. The van der Waals surface area contributed by atoms with Crippen molar-refractivity contribution in [2.75, 3.05) is 6.54 Å². The second-order valence-corrected chi connectivity index (χ2v) is 7.12. The topological polar surface area (TPSA) is 26.0 Å². The Kier molecular flexibility index (Phi) is 6.07. The lowest BCUT2D eigenvalue weighted by Gasteiger charge is -2.40. The van der Waals surface area contributed by atoms with Crippen LogP contribution in [0, 0.1) is 17.2 Å². The van der Waals surface area contributed by atoms with Crippen LogP contribution in [0.3, 0.4) is 0 Å². The molecule has 21 heavy (non-hydrogen) atoms. The number of unbranched alkanes of at least 4 members (excludes halogenated alkanes) is 1. The number of nitrogens with two attached hydrogens (primary N) is 1. The number of hydrogen-bond donors (Lipinski definition) is 1. The van der Waals surface area contributed by atoms with Gasteiger partial charge >= 0.3 is 0 Å². The maximum Gasteiger partial charge on any atom is 0.141 e. The minimum atomic E-state index is -0.342. The van der Waals surface area contributed by atoms with Crippen LogP contribution in [0.2, 0.25) is 5.02 Å². The van der Waals surface area contributed by atoms with Gasteiger partial charge < -0.3 is 5.73 Å². The van der Waals surface area contributed by atoms with Crippen molar-refractivity contribution in [3.8, 4) is 0 Å². The van der Waals surface area contributed by atoms with Crippen molar-refractivity contribution in [2.24, 2.45) is 17.1 Å². The van der Waals surface area contributed by atoms with Gasteiger partial charge in [-0.25, -0.2) is 4.39 Å². The van der Waals surface area contributed by atoms with Crippen LogP contribution in [-0.4, -0.2) is 6.54 Å². The molecule has 0 aromatic heterocycles. The molecule has 118 valence electrons. The minimum Gasteiger partial charge on any atom is -0.330 e. The third kappa shape index (κ3) is 4.43. The van der Waals surface area contributed by atoms with E-state index in [1.807, 2.05) is 6.07 Å². The van der Waals surface area contributed by atoms with Crippen LogP contribution in [0.4, 0.5) is 4.39 Å². The normalized spacial score (nSPS) is 26.0. The quantitative estimate of drug-likeness (QED) is 0.753. The number of rotatable bonds is 6. The van der Waals surface area contributed by atoms with E-state index in [0.717, 1.165) is 17.9 Å². The highest BCUT2D eigenvalue weighted by Crippen LogP contribution is 2.42. The monoisotopic (exact) mass is 311 g/mol. The van der Waals surface area contributed by atoms with E-state index in [-0.39, 0.29) is 16.3 Å². The van der Waals surface area contributed by atoms with E-state index in [0.29, 0.717) is 6.54 Å². The fourth-order valence-electron chi connectivity index (χ4n) is 3.61. The summed E-state index contributed by atoms with van der Waals surface area (Å²) in [6, 6.07) is 5.08. The van der Waals surface area contributed by atoms with Gasteiger partial charge in [-0.2, -0.15) is 0 Å². The van der Waals surface area contributed by atoms with Gasteiger partial charge in [0, 0.05) is 0 Å². The molecule has 2 N–H and O–H groups in total. The Morgan fingerprint density at radius 2 is 2.05 bits per heavy atom. The van der Waals surface area contributed by atoms with Crippen LogP contribution in [0.1, 0.15) is 57.4 Å². The number of hydrogen-bond acceptors (Lipinski definition) is 1. The molecule has 1 saturated carbocycles. The van der Waals surface area contributed by atoms with Gasteiger partial charge in [0.25, 0.3) is 0 Å². The Morgan fingerprint density at radius 1 is 1.33 bits per heavy atom. The summed E-state index contributed by atoms with van der Waals surface area (Å²) in [5, 5.41) is 0.219. The summed E-state index contributed by atoms with van der Waals surface area (Å²) in [6.45, 7) is 2.97. The van der Waals surface area contributed by atoms with Gasteiger partial charge in [0.15, 0.2) is 0 Å². The van der Waals surface area contributed by atoms with Crippen LogP contribution in [0.25, 0.3) is 0 Å². The Hall–Kier alpha value is -0.600. The van der Waals surface area contributed by atoms with E-state index >= 15 is 0 Å². The molecule has 0 atom stereocenters. The summed E-state index contributed by atoms with van der Waals surface area (Å²) in [4.78, 5) is 0. The predicted molar refractivity (Wildman–Crippen MR) is 88.1 cm³/mol. The standard InChI is InChI=1S/C18H27ClFN/c1-2-3-4-14-7-9-18(13-21,10-8-14)12-15-5-6-17(20)16(19)11-15/h5-6,11,14H,2-4,7-10,12-13,21H2,1H3. The number of halogens is 2. The fourth-order valence-corrected chi connectivity index (χ4v) is 3.81. The van der Waals surface area contributed by atoms with Crippen molar-refractivity contribution in [1.29, 1.82) is 0 Å². The van der Waals surface area contributed by atoms with E-state index in [9.17, 15) is 4.39 Å². The van der Waals surface area contributed by atoms with Crippen molar-refractivity contribution in [1.82, 2.24) is 0 Å². The average Bonchev–Trinajstić information content (AvgIpc) is 2.50. The molecule has 0 unspecified atom stereocenters. The van der Waals surface area contributed by atoms with E-state index in [4.69, 9.17) is 17.3 Å². The van der Waals surface area contributed by atoms with E-state index in [1.165, 1.54) is 51.0 Å².